The molecule has 0 fully saturated rings. The number of ether oxygens (including phenoxy) is 1. The molecule has 0 saturated heterocycles. The molecule has 0 amide bonds. The van der Waals surface area contributed by atoms with Gasteiger partial charge in [0.25, 0.3) is 0 Å². The van der Waals surface area contributed by atoms with Crippen molar-refractivity contribution < 1.29 is 9.84 Å². The van der Waals surface area contributed by atoms with Crippen molar-refractivity contribution in [3.8, 4) is 5.75 Å². The average molecular weight is 209 g/mol. The predicted molar refractivity (Wildman–Crippen MR) is 60.9 cm³/mol. The van der Waals surface area contributed by atoms with Crippen LogP contribution in [0.25, 0.3) is 0 Å². The summed E-state index contributed by atoms with van der Waals surface area (Å²) in [5.41, 5.74) is 6.68. The summed E-state index contributed by atoms with van der Waals surface area (Å²) in [6.07, 6.45) is 0.896. The Morgan fingerprint density at radius 1 is 1.33 bits per heavy atom. The molecule has 0 aliphatic rings. The lowest BCUT2D eigenvalue weighted by atomic mass is 10.1. The molecule has 1 atom stereocenters. The molecule has 3 heteroatoms. The Labute approximate surface area is 90.9 Å². The van der Waals surface area contributed by atoms with Gasteiger partial charge in [-0.05, 0) is 30.7 Å². The largest absolute Gasteiger partial charge is 0.493 e. The van der Waals surface area contributed by atoms with E-state index in [1.54, 1.807) is 0 Å². The van der Waals surface area contributed by atoms with Gasteiger partial charge in [-0.25, -0.2) is 0 Å². The van der Waals surface area contributed by atoms with Gasteiger partial charge in [0.15, 0.2) is 0 Å². The van der Waals surface area contributed by atoms with E-state index in [4.69, 9.17) is 15.6 Å². The summed E-state index contributed by atoms with van der Waals surface area (Å²) in [7, 11) is 0. The SMILES string of the molecule is CC(CO)COc1ccc(CCN)cc1. The van der Waals surface area contributed by atoms with Crippen molar-refractivity contribution in [2.24, 2.45) is 11.7 Å². The second kappa shape index (κ2) is 6.43. The minimum Gasteiger partial charge on any atom is -0.493 e. The monoisotopic (exact) mass is 209 g/mol. The first-order valence-electron chi connectivity index (χ1n) is 5.29. The van der Waals surface area contributed by atoms with Crippen molar-refractivity contribution >= 4 is 0 Å². The van der Waals surface area contributed by atoms with Gasteiger partial charge in [-0.2, -0.15) is 0 Å². The number of aliphatic hydroxyl groups is 1. The maximum absolute atomic E-state index is 8.83. The maximum atomic E-state index is 8.83. The zero-order valence-electron chi connectivity index (χ0n) is 9.15. The third-order valence-corrected chi connectivity index (χ3v) is 2.20. The third-order valence-electron chi connectivity index (χ3n) is 2.20. The lowest BCUT2D eigenvalue weighted by Crippen LogP contribution is -2.12. The molecule has 0 heterocycles. The van der Waals surface area contributed by atoms with Crippen molar-refractivity contribution in [2.45, 2.75) is 13.3 Å². The number of rotatable bonds is 6. The average Bonchev–Trinajstić information content (AvgIpc) is 2.28. The Bertz CT molecular complexity index is 271. The summed E-state index contributed by atoms with van der Waals surface area (Å²) in [5.74, 6) is 1.02. The van der Waals surface area contributed by atoms with E-state index in [0.717, 1.165) is 12.2 Å². The number of hydrogen-bond acceptors (Lipinski definition) is 3. The molecule has 0 radical (unpaired) electrons. The fourth-order valence-electron chi connectivity index (χ4n) is 1.21. The molecule has 0 aliphatic carbocycles. The predicted octanol–water partition coefficient (Wildman–Crippen LogP) is 1.19. The van der Waals surface area contributed by atoms with Crippen LogP contribution in [0.2, 0.25) is 0 Å². The van der Waals surface area contributed by atoms with E-state index < -0.39 is 0 Å². The lowest BCUT2D eigenvalue weighted by Gasteiger charge is -2.10. The van der Waals surface area contributed by atoms with Gasteiger partial charge in [-0.1, -0.05) is 19.1 Å². The normalized spacial score (nSPS) is 12.5. The van der Waals surface area contributed by atoms with Gasteiger partial charge in [0.05, 0.1) is 6.61 Å². The van der Waals surface area contributed by atoms with Crippen LogP contribution in [0, 0.1) is 5.92 Å². The minimum atomic E-state index is 0.158. The summed E-state index contributed by atoms with van der Waals surface area (Å²) in [4.78, 5) is 0. The first kappa shape index (κ1) is 12.0. The summed E-state index contributed by atoms with van der Waals surface area (Å²) in [5, 5.41) is 8.83. The second-order valence-corrected chi connectivity index (χ2v) is 3.78. The summed E-state index contributed by atoms with van der Waals surface area (Å²) in [6, 6.07) is 7.92. The molecule has 0 saturated carbocycles. The highest BCUT2D eigenvalue weighted by molar-refractivity contribution is 5.27. The fourth-order valence-corrected chi connectivity index (χ4v) is 1.21. The Kier molecular flexibility index (Phi) is 5.15. The van der Waals surface area contributed by atoms with Crippen LogP contribution in [0.1, 0.15) is 12.5 Å². The molecule has 1 unspecified atom stereocenters. The number of hydrogen-bond donors (Lipinski definition) is 2. The molecule has 0 aromatic heterocycles. The Hall–Kier alpha value is -1.06. The highest BCUT2D eigenvalue weighted by Gasteiger charge is 2.01. The van der Waals surface area contributed by atoms with Crippen molar-refractivity contribution in [2.75, 3.05) is 19.8 Å². The standard InChI is InChI=1S/C12H19NO2/c1-10(8-14)9-15-12-4-2-11(3-5-12)6-7-13/h2-5,10,14H,6-9,13H2,1H3. The Morgan fingerprint density at radius 3 is 2.53 bits per heavy atom. The number of benzene rings is 1. The molecule has 1 aromatic rings. The molecule has 0 spiro atoms. The fraction of sp³-hybridized carbons (Fsp3) is 0.500. The van der Waals surface area contributed by atoms with Crippen LogP contribution in [0.4, 0.5) is 0 Å². The first-order valence-corrected chi connectivity index (χ1v) is 5.29. The first-order chi connectivity index (χ1) is 7.26. The number of aliphatic hydroxyl groups excluding tert-OH is 1. The molecular formula is C12H19NO2. The van der Waals surface area contributed by atoms with Crippen LogP contribution in [0.3, 0.4) is 0 Å². The molecule has 3 nitrogen and oxygen atoms in total. The van der Waals surface area contributed by atoms with Gasteiger partial charge in [0.1, 0.15) is 5.75 Å². The third kappa shape index (κ3) is 4.32. The van der Waals surface area contributed by atoms with Gasteiger partial charge < -0.3 is 15.6 Å². The van der Waals surface area contributed by atoms with E-state index in [0.29, 0.717) is 13.2 Å². The Balaban J connectivity index is 2.42. The highest BCUT2D eigenvalue weighted by Crippen LogP contribution is 2.13. The van der Waals surface area contributed by atoms with Gasteiger partial charge in [0.2, 0.25) is 0 Å². The maximum Gasteiger partial charge on any atom is 0.119 e. The van der Waals surface area contributed by atoms with Crippen LogP contribution >= 0.6 is 0 Å². The summed E-state index contributed by atoms with van der Waals surface area (Å²) < 4.78 is 5.50. The van der Waals surface area contributed by atoms with Crippen molar-refractivity contribution in [3.63, 3.8) is 0 Å². The van der Waals surface area contributed by atoms with Gasteiger partial charge in [0, 0.05) is 12.5 Å². The molecule has 84 valence electrons. The molecule has 3 N–H and O–H groups in total. The Morgan fingerprint density at radius 2 is 2.00 bits per heavy atom. The molecular weight excluding hydrogens is 190 g/mol. The number of nitrogens with two attached hydrogens (primary N) is 1. The topological polar surface area (TPSA) is 55.5 Å². The summed E-state index contributed by atoms with van der Waals surface area (Å²) in [6.45, 7) is 3.32. The van der Waals surface area contributed by atoms with Gasteiger partial charge >= 0.3 is 0 Å². The zero-order valence-corrected chi connectivity index (χ0v) is 9.15. The molecule has 1 rings (SSSR count). The molecule has 0 aliphatic heterocycles. The van der Waals surface area contributed by atoms with Crippen molar-refractivity contribution in [1.82, 2.24) is 0 Å². The van der Waals surface area contributed by atoms with Crippen LogP contribution in [-0.2, 0) is 6.42 Å². The van der Waals surface area contributed by atoms with E-state index in [9.17, 15) is 0 Å². The molecule has 0 bridgehead atoms. The van der Waals surface area contributed by atoms with Gasteiger partial charge in [-0.3, -0.25) is 0 Å². The van der Waals surface area contributed by atoms with E-state index in [1.165, 1.54) is 5.56 Å². The van der Waals surface area contributed by atoms with Crippen LogP contribution < -0.4 is 10.5 Å². The van der Waals surface area contributed by atoms with Crippen molar-refractivity contribution in [1.29, 1.82) is 0 Å². The smallest absolute Gasteiger partial charge is 0.119 e. The van der Waals surface area contributed by atoms with Crippen molar-refractivity contribution in [3.05, 3.63) is 29.8 Å². The van der Waals surface area contributed by atoms with Crippen LogP contribution in [-0.4, -0.2) is 24.9 Å². The second-order valence-electron chi connectivity index (χ2n) is 3.78. The van der Waals surface area contributed by atoms with E-state index >= 15 is 0 Å². The van der Waals surface area contributed by atoms with E-state index in [-0.39, 0.29) is 12.5 Å². The highest BCUT2D eigenvalue weighted by atomic mass is 16.5. The molecule has 15 heavy (non-hydrogen) atoms. The quantitative estimate of drug-likeness (QED) is 0.740. The lowest BCUT2D eigenvalue weighted by molar-refractivity contribution is 0.174. The van der Waals surface area contributed by atoms with E-state index in [2.05, 4.69) is 0 Å². The van der Waals surface area contributed by atoms with Gasteiger partial charge in [-0.15, -0.1) is 0 Å². The van der Waals surface area contributed by atoms with E-state index in [1.807, 2.05) is 31.2 Å². The summed E-state index contributed by atoms with van der Waals surface area (Å²) >= 11 is 0. The van der Waals surface area contributed by atoms with Crippen LogP contribution in [0.5, 0.6) is 5.75 Å². The van der Waals surface area contributed by atoms with Crippen LogP contribution in [0.15, 0.2) is 24.3 Å². The zero-order chi connectivity index (χ0) is 11.1. The molecule has 1 aromatic carbocycles. The minimum absolute atomic E-state index is 0.158.